The Morgan fingerprint density at radius 2 is 0.865 bits per heavy atom. The van der Waals surface area contributed by atoms with E-state index in [1.54, 1.807) is 6.08 Å². The van der Waals surface area contributed by atoms with E-state index in [2.05, 4.69) is 43.5 Å². The Hall–Kier alpha value is -1.48. The standard InChI is InChI=1S/C44H83NO6S/c1-3-5-7-9-11-13-15-17-18-19-20-21-22-23-24-25-27-29-31-33-35-37-39-43(47)44(48)45-41(40-52(49,50)51)42(46)38-36-34-32-30-28-26-16-14-12-10-8-6-4-2/h23-24,28,30,36,38,41-43,46-47H,3-22,25-27,29,31-35,37,39-40H2,1-2H3,(H,45,48)(H,49,50,51)/b24-23-,30-28+,38-36+. The molecule has 0 fully saturated rings. The molecule has 3 unspecified atom stereocenters. The summed E-state index contributed by atoms with van der Waals surface area (Å²) in [6.07, 6.45) is 46.4. The zero-order valence-electron chi connectivity index (χ0n) is 33.8. The normalized spacial score (nSPS) is 14.2. The van der Waals surface area contributed by atoms with Crippen LogP contribution in [0.5, 0.6) is 0 Å². The van der Waals surface area contributed by atoms with Crippen LogP contribution in [0.3, 0.4) is 0 Å². The predicted octanol–water partition coefficient (Wildman–Crippen LogP) is 11.9. The average molecular weight is 754 g/mol. The van der Waals surface area contributed by atoms with Crippen LogP contribution >= 0.6 is 0 Å². The van der Waals surface area contributed by atoms with E-state index in [1.165, 1.54) is 147 Å². The minimum absolute atomic E-state index is 0.267. The van der Waals surface area contributed by atoms with Crippen LogP contribution in [0.25, 0.3) is 0 Å². The Kier molecular flexibility index (Phi) is 36.7. The molecule has 0 aliphatic heterocycles. The molecule has 52 heavy (non-hydrogen) atoms. The molecule has 0 saturated heterocycles. The zero-order valence-corrected chi connectivity index (χ0v) is 34.6. The quantitative estimate of drug-likeness (QED) is 0.0281. The lowest BCUT2D eigenvalue weighted by atomic mass is 10.0. The number of carbonyl (C=O) groups excluding carboxylic acids is 1. The number of unbranched alkanes of at least 4 members (excludes halogenated alkanes) is 26. The van der Waals surface area contributed by atoms with Crippen LogP contribution in [0.1, 0.15) is 213 Å². The number of allylic oxidation sites excluding steroid dienone is 5. The SMILES string of the molecule is CCCCCCCCC/C=C/CC/C=C/C(O)C(CS(=O)(=O)O)NC(=O)C(O)CCCCCCCC/C=C\CCCCCCCCCCCCCC. The highest BCUT2D eigenvalue weighted by Gasteiger charge is 2.27. The first-order valence-electron chi connectivity index (χ1n) is 21.8. The number of nitrogens with one attached hydrogen (secondary N) is 1. The molecule has 8 heteroatoms. The third kappa shape index (κ3) is 36.9. The van der Waals surface area contributed by atoms with Crippen molar-refractivity contribution >= 4 is 16.0 Å². The number of carbonyl (C=O) groups is 1. The summed E-state index contributed by atoms with van der Waals surface area (Å²) in [5.74, 6) is -1.56. The van der Waals surface area contributed by atoms with Crippen LogP contribution in [-0.2, 0) is 14.9 Å². The van der Waals surface area contributed by atoms with E-state index in [0.717, 1.165) is 38.5 Å². The summed E-state index contributed by atoms with van der Waals surface area (Å²) in [5.41, 5.74) is 0. The van der Waals surface area contributed by atoms with Crippen molar-refractivity contribution in [1.82, 2.24) is 5.32 Å². The summed E-state index contributed by atoms with van der Waals surface area (Å²) in [6, 6.07) is -1.25. The molecule has 0 rings (SSSR count). The first kappa shape index (κ1) is 50.5. The number of aliphatic hydroxyl groups excluding tert-OH is 2. The van der Waals surface area contributed by atoms with Gasteiger partial charge < -0.3 is 15.5 Å². The third-order valence-corrected chi connectivity index (χ3v) is 10.7. The van der Waals surface area contributed by atoms with Gasteiger partial charge >= 0.3 is 0 Å². The molecule has 4 N–H and O–H groups in total. The highest BCUT2D eigenvalue weighted by atomic mass is 32.2. The maximum absolute atomic E-state index is 12.6. The van der Waals surface area contributed by atoms with E-state index in [9.17, 15) is 28.0 Å². The summed E-state index contributed by atoms with van der Waals surface area (Å²) < 4.78 is 32.5. The molecule has 306 valence electrons. The summed E-state index contributed by atoms with van der Waals surface area (Å²) in [4.78, 5) is 12.6. The van der Waals surface area contributed by atoms with Gasteiger partial charge in [0.15, 0.2) is 0 Å². The molecular weight excluding hydrogens is 671 g/mol. The highest BCUT2D eigenvalue weighted by Crippen LogP contribution is 2.14. The van der Waals surface area contributed by atoms with E-state index in [0.29, 0.717) is 12.8 Å². The average Bonchev–Trinajstić information content (AvgIpc) is 3.11. The van der Waals surface area contributed by atoms with Gasteiger partial charge in [0.05, 0.1) is 17.9 Å². The number of hydrogen-bond donors (Lipinski definition) is 4. The van der Waals surface area contributed by atoms with Crippen LogP contribution < -0.4 is 5.32 Å². The molecule has 0 saturated carbocycles. The molecule has 0 aliphatic rings. The molecule has 3 atom stereocenters. The molecule has 0 aliphatic carbocycles. The van der Waals surface area contributed by atoms with Crippen LogP contribution in [0.2, 0.25) is 0 Å². The number of aliphatic hydroxyl groups is 2. The van der Waals surface area contributed by atoms with Crippen molar-refractivity contribution in [3.8, 4) is 0 Å². The molecule has 1 amide bonds. The van der Waals surface area contributed by atoms with Gasteiger partial charge in [-0.25, -0.2) is 0 Å². The number of amides is 1. The Balaban J connectivity index is 3.98. The first-order chi connectivity index (χ1) is 25.2. The van der Waals surface area contributed by atoms with Gasteiger partial charge in [0, 0.05) is 0 Å². The van der Waals surface area contributed by atoms with E-state index < -0.39 is 40.0 Å². The lowest BCUT2D eigenvalue weighted by Gasteiger charge is -2.22. The maximum Gasteiger partial charge on any atom is 0.267 e. The lowest BCUT2D eigenvalue weighted by Crippen LogP contribution is -2.50. The topological polar surface area (TPSA) is 124 Å². The van der Waals surface area contributed by atoms with E-state index in [-0.39, 0.29) is 6.42 Å². The fraction of sp³-hybridized carbons (Fsp3) is 0.841. The fourth-order valence-electron chi connectivity index (χ4n) is 6.53. The first-order valence-corrected chi connectivity index (χ1v) is 23.4. The molecule has 0 radical (unpaired) electrons. The zero-order chi connectivity index (χ0) is 38.4. The monoisotopic (exact) mass is 754 g/mol. The van der Waals surface area contributed by atoms with Crippen molar-refractivity contribution in [3.05, 3.63) is 36.5 Å². The second kappa shape index (κ2) is 37.8. The van der Waals surface area contributed by atoms with Crippen LogP contribution in [0.15, 0.2) is 36.5 Å². The van der Waals surface area contributed by atoms with Gasteiger partial charge in [0.1, 0.15) is 6.10 Å². The molecule has 0 aromatic heterocycles. The Labute approximate surface area is 321 Å². The summed E-state index contributed by atoms with van der Waals surface area (Å²) >= 11 is 0. The van der Waals surface area contributed by atoms with Gasteiger partial charge in [-0.3, -0.25) is 9.35 Å². The molecular formula is C44H83NO6S. The fourth-order valence-corrected chi connectivity index (χ4v) is 7.26. The summed E-state index contributed by atoms with van der Waals surface area (Å²) in [7, 11) is -4.45. The predicted molar refractivity (Wildman–Crippen MR) is 222 cm³/mol. The van der Waals surface area contributed by atoms with E-state index in [1.807, 2.05) is 0 Å². The Morgan fingerprint density at radius 3 is 1.27 bits per heavy atom. The third-order valence-electron chi connectivity index (χ3n) is 9.90. The second-order valence-corrected chi connectivity index (χ2v) is 16.6. The van der Waals surface area contributed by atoms with Gasteiger partial charge in [-0.15, -0.1) is 0 Å². The van der Waals surface area contributed by atoms with Crippen LogP contribution in [-0.4, -0.2) is 53.1 Å². The minimum Gasteiger partial charge on any atom is -0.387 e. The number of rotatable bonds is 39. The van der Waals surface area contributed by atoms with Crippen molar-refractivity contribution in [1.29, 1.82) is 0 Å². The summed E-state index contributed by atoms with van der Waals surface area (Å²) in [6.45, 7) is 4.50. The summed E-state index contributed by atoms with van der Waals surface area (Å²) in [5, 5.41) is 23.4. The molecule has 0 spiro atoms. The van der Waals surface area contributed by atoms with Gasteiger partial charge in [-0.2, -0.15) is 8.42 Å². The van der Waals surface area contributed by atoms with Gasteiger partial charge in [-0.1, -0.05) is 192 Å². The van der Waals surface area contributed by atoms with Gasteiger partial charge in [0.2, 0.25) is 5.91 Å². The van der Waals surface area contributed by atoms with Crippen LogP contribution in [0.4, 0.5) is 0 Å². The lowest BCUT2D eigenvalue weighted by molar-refractivity contribution is -0.130. The van der Waals surface area contributed by atoms with Crippen molar-refractivity contribution in [3.63, 3.8) is 0 Å². The van der Waals surface area contributed by atoms with Crippen molar-refractivity contribution in [2.75, 3.05) is 5.75 Å². The Morgan fingerprint density at radius 1 is 0.519 bits per heavy atom. The van der Waals surface area contributed by atoms with Gasteiger partial charge in [-0.05, 0) is 57.8 Å². The van der Waals surface area contributed by atoms with Crippen molar-refractivity contribution in [2.45, 2.75) is 231 Å². The highest BCUT2D eigenvalue weighted by molar-refractivity contribution is 7.85. The molecule has 7 nitrogen and oxygen atoms in total. The van der Waals surface area contributed by atoms with Crippen LogP contribution in [0, 0.1) is 0 Å². The molecule has 0 heterocycles. The van der Waals surface area contributed by atoms with Crippen molar-refractivity contribution in [2.24, 2.45) is 0 Å². The Bertz CT molecular complexity index is 979. The molecule has 0 aromatic rings. The van der Waals surface area contributed by atoms with Crippen molar-refractivity contribution < 1.29 is 28.0 Å². The maximum atomic E-state index is 12.6. The van der Waals surface area contributed by atoms with E-state index in [4.69, 9.17) is 0 Å². The second-order valence-electron chi connectivity index (χ2n) is 15.1. The van der Waals surface area contributed by atoms with Gasteiger partial charge in [0.25, 0.3) is 10.1 Å². The molecule has 0 bridgehead atoms. The minimum atomic E-state index is -4.45. The molecule has 0 aromatic carbocycles. The van der Waals surface area contributed by atoms with E-state index >= 15 is 0 Å². The smallest absolute Gasteiger partial charge is 0.267 e. The number of hydrogen-bond acceptors (Lipinski definition) is 5. The largest absolute Gasteiger partial charge is 0.387 e.